The van der Waals surface area contributed by atoms with E-state index in [1.165, 1.54) is 4.90 Å². The fourth-order valence-electron chi connectivity index (χ4n) is 7.52. The summed E-state index contributed by atoms with van der Waals surface area (Å²) in [5.74, 6) is 0.333. The molecule has 4 fully saturated rings. The second kappa shape index (κ2) is 19.1. The Balaban J connectivity index is 1.29. The summed E-state index contributed by atoms with van der Waals surface area (Å²) in [5.41, 5.74) is 0. The maximum atomic E-state index is 13.2. The van der Waals surface area contributed by atoms with Crippen molar-refractivity contribution >= 4 is 33.4 Å². The molecule has 3 amide bonds. The van der Waals surface area contributed by atoms with Crippen LogP contribution in [0.4, 0.5) is 0 Å². The number of phosphoric ester groups is 2. The molecular weight excluding hydrogens is 692 g/mol. The van der Waals surface area contributed by atoms with Gasteiger partial charge in [0.2, 0.25) is 17.7 Å². The van der Waals surface area contributed by atoms with Crippen molar-refractivity contribution in [2.24, 2.45) is 5.92 Å². The van der Waals surface area contributed by atoms with Gasteiger partial charge in [0.1, 0.15) is 0 Å². The molecule has 0 aromatic carbocycles. The van der Waals surface area contributed by atoms with Gasteiger partial charge in [0, 0.05) is 38.9 Å². The number of hydrogen-bond acceptors (Lipinski definition) is 10. The molecule has 0 aromatic rings. The fraction of sp³-hybridized carbons (Fsp3) is 0.909. The molecule has 50 heavy (non-hydrogen) atoms. The van der Waals surface area contributed by atoms with Gasteiger partial charge < -0.3 is 29.2 Å². The maximum Gasteiger partial charge on any atom is 0.472 e. The lowest BCUT2D eigenvalue weighted by molar-refractivity contribution is -0.134. The van der Waals surface area contributed by atoms with Gasteiger partial charge in [-0.25, -0.2) is 9.13 Å². The third kappa shape index (κ3) is 12.1. The minimum atomic E-state index is -4.63. The van der Waals surface area contributed by atoms with Gasteiger partial charge in [-0.2, -0.15) is 0 Å². The van der Waals surface area contributed by atoms with Crippen molar-refractivity contribution in [2.75, 3.05) is 39.5 Å². The summed E-state index contributed by atoms with van der Waals surface area (Å²) in [6, 6.07) is -1.33. The Kier molecular flexibility index (Phi) is 15.8. The highest BCUT2D eigenvalue weighted by atomic mass is 31.2. The summed E-state index contributed by atoms with van der Waals surface area (Å²) in [4.78, 5) is 64.1. The van der Waals surface area contributed by atoms with E-state index in [1.54, 1.807) is 16.7 Å². The van der Waals surface area contributed by atoms with Crippen molar-refractivity contribution in [3.8, 4) is 0 Å². The van der Waals surface area contributed by atoms with Crippen molar-refractivity contribution in [3.05, 3.63) is 0 Å². The van der Waals surface area contributed by atoms with Crippen LogP contribution in [0.25, 0.3) is 0 Å². The number of ether oxygens (including phenoxy) is 1. The van der Waals surface area contributed by atoms with E-state index in [4.69, 9.17) is 22.8 Å². The van der Waals surface area contributed by atoms with E-state index in [1.807, 2.05) is 13.8 Å². The van der Waals surface area contributed by atoms with Crippen molar-refractivity contribution in [1.29, 1.82) is 0 Å². The monoisotopic (exact) mass is 751 g/mol. The van der Waals surface area contributed by atoms with Crippen LogP contribution in [0, 0.1) is 5.92 Å². The van der Waals surface area contributed by atoms with Crippen LogP contribution in [0.5, 0.6) is 0 Å². The summed E-state index contributed by atoms with van der Waals surface area (Å²) < 4.78 is 54.0. The van der Waals surface area contributed by atoms with E-state index >= 15 is 0 Å². The standard InChI is InChI=1S/C33H59N3O12P2/c1-5-9-32(38)34-16-8-11-25(34)22-45-49(40,41)48-30-18-27(35(19-30)31(37)7-3)23-46-50(42,43)47-29-17-26(36(20-29)33(39)10-6-2)21-44-28-14-12-24(4)13-15-28/h24-30H,5-23H2,1-4H3,(H,40,41)(H,42,43)/t24?,25-,26-,27-,28?,29+,30+/m0/s1. The SMILES string of the molecule is CCCC(=O)N1CCC[C@H]1COP(=O)(O)O[C@@H]1C[C@@H](COP(=O)(O)O[C@@H]2C[C@@H](COC3CCC(C)CC3)N(C(=O)CCC)C2)N(C(=O)CC)C1. The van der Waals surface area contributed by atoms with Crippen LogP contribution in [0.15, 0.2) is 0 Å². The molecule has 2 unspecified atom stereocenters. The number of phosphoric acid groups is 2. The quantitative estimate of drug-likeness (QED) is 0.183. The Hall–Kier alpha value is -1.41. The van der Waals surface area contributed by atoms with Crippen LogP contribution in [-0.2, 0) is 46.3 Å². The lowest BCUT2D eigenvalue weighted by atomic mass is 9.89. The second-order valence-corrected chi connectivity index (χ2v) is 17.1. The van der Waals surface area contributed by atoms with Crippen LogP contribution in [0.3, 0.4) is 0 Å². The van der Waals surface area contributed by atoms with Crippen molar-refractivity contribution in [1.82, 2.24) is 14.7 Å². The number of amides is 3. The average molecular weight is 752 g/mol. The van der Waals surface area contributed by atoms with E-state index in [-0.39, 0.29) is 75.1 Å². The first-order chi connectivity index (χ1) is 23.7. The van der Waals surface area contributed by atoms with E-state index in [0.717, 1.165) is 32.1 Å². The summed E-state index contributed by atoms with van der Waals surface area (Å²) in [6.45, 7) is 8.23. The second-order valence-electron chi connectivity index (χ2n) is 14.3. The lowest BCUT2D eigenvalue weighted by Crippen LogP contribution is -2.39. The molecule has 4 rings (SSSR count). The number of nitrogens with zero attached hydrogens (tertiary/aromatic N) is 3. The van der Waals surface area contributed by atoms with Gasteiger partial charge >= 0.3 is 15.6 Å². The number of carbonyl (C=O) groups is 3. The van der Waals surface area contributed by atoms with Crippen molar-refractivity contribution < 1.29 is 56.1 Å². The average Bonchev–Trinajstić information content (AvgIpc) is 3.81. The Morgan fingerprint density at radius 3 is 1.70 bits per heavy atom. The van der Waals surface area contributed by atoms with Gasteiger partial charge in [0.15, 0.2) is 0 Å². The molecule has 2 N–H and O–H groups in total. The van der Waals surface area contributed by atoms with Crippen molar-refractivity contribution in [2.45, 2.75) is 148 Å². The summed E-state index contributed by atoms with van der Waals surface area (Å²) >= 11 is 0. The van der Waals surface area contributed by atoms with Crippen LogP contribution < -0.4 is 0 Å². The molecule has 1 aliphatic carbocycles. The molecule has 15 nitrogen and oxygen atoms in total. The first-order valence-electron chi connectivity index (χ1n) is 18.5. The Bertz CT molecular complexity index is 1230. The van der Waals surface area contributed by atoms with E-state index < -0.39 is 33.9 Å². The first-order valence-corrected chi connectivity index (χ1v) is 21.5. The van der Waals surface area contributed by atoms with Crippen LogP contribution in [0.1, 0.15) is 111 Å². The number of rotatable bonds is 18. The van der Waals surface area contributed by atoms with Crippen molar-refractivity contribution in [3.63, 3.8) is 0 Å². The summed E-state index contributed by atoms with van der Waals surface area (Å²) in [7, 11) is -9.19. The molecule has 3 aliphatic heterocycles. The minimum absolute atomic E-state index is 0.0155. The summed E-state index contributed by atoms with van der Waals surface area (Å²) in [5, 5.41) is 0. The predicted octanol–water partition coefficient (Wildman–Crippen LogP) is 4.79. The molecule has 3 saturated heterocycles. The Morgan fingerprint density at radius 1 is 0.660 bits per heavy atom. The summed E-state index contributed by atoms with van der Waals surface area (Å²) in [6.07, 6.45) is 6.76. The van der Waals surface area contributed by atoms with Gasteiger partial charge in [-0.3, -0.25) is 32.5 Å². The van der Waals surface area contributed by atoms with Gasteiger partial charge in [-0.05, 0) is 70.1 Å². The fourth-order valence-corrected chi connectivity index (χ4v) is 9.43. The zero-order valence-electron chi connectivity index (χ0n) is 30.2. The molecule has 0 bridgehead atoms. The molecule has 288 valence electrons. The third-order valence-electron chi connectivity index (χ3n) is 10.2. The highest BCUT2D eigenvalue weighted by Crippen LogP contribution is 2.49. The number of likely N-dealkylation sites (tertiary alicyclic amines) is 3. The predicted molar refractivity (Wildman–Crippen MR) is 184 cm³/mol. The lowest BCUT2D eigenvalue weighted by Gasteiger charge is -2.29. The largest absolute Gasteiger partial charge is 0.472 e. The van der Waals surface area contributed by atoms with Gasteiger partial charge in [0.25, 0.3) is 0 Å². The normalized spacial score (nSPS) is 31.2. The zero-order chi connectivity index (χ0) is 36.5. The zero-order valence-corrected chi connectivity index (χ0v) is 32.0. The van der Waals surface area contributed by atoms with E-state index in [0.29, 0.717) is 57.6 Å². The Morgan fingerprint density at radius 2 is 1.16 bits per heavy atom. The molecule has 0 radical (unpaired) electrons. The topological polar surface area (TPSA) is 182 Å². The first kappa shape index (κ1) is 41.3. The molecule has 1 saturated carbocycles. The van der Waals surface area contributed by atoms with E-state index in [9.17, 15) is 33.3 Å². The molecule has 0 spiro atoms. The molecule has 0 aromatic heterocycles. The minimum Gasteiger partial charge on any atom is -0.376 e. The van der Waals surface area contributed by atoms with Crippen LogP contribution >= 0.6 is 15.6 Å². The maximum absolute atomic E-state index is 13.2. The third-order valence-corrected chi connectivity index (χ3v) is 12.3. The highest BCUT2D eigenvalue weighted by molar-refractivity contribution is 7.47. The molecule has 17 heteroatoms. The Labute approximate surface area is 296 Å². The van der Waals surface area contributed by atoms with E-state index in [2.05, 4.69) is 6.92 Å². The smallest absolute Gasteiger partial charge is 0.376 e. The number of hydrogen-bond donors (Lipinski definition) is 2. The highest BCUT2D eigenvalue weighted by Gasteiger charge is 2.43. The molecule has 3 heterocycles. The van der Waals surface area contributed by atoms with Crippen LogP contribution in [0.2, 0.25) is 0 Å². The molecule has 4 aliphatic rings. The number of carbonyl (C=O) groups excluding carboxylic acids is 3. The van der Waals surface area contributed by atoms with Crippen LogP contribution in [-0.4, -0.2) is 118 Å². The molecule has 7 atom stereocenters. The van der Waals surface area contributed by atoms with Gasteiger partial charge in [-0.1, -0.05) is 27.7 Å². The van der Waals surface area contributed by atoms with Gasteiger partial charge in [0.05, 0.1) is 56.3 Å². The van der Waals surface area contributed by atoms with Gasteiger partial charge in [-0.15, -0.1) is 0 Å². The molecular formula is C33H59N3O12P2.